The number of anilines is 1. The zero-order valence-electron chi connectivity index (χ0n) is 16.6. The first-order chi connectivity index (χ1) is 12.7. The number of likely N-dealkylation sites (N-methyl/N-ethyl adjacent to an activating group) is 1. The first kappa shape index (κ1) is 22.1. The van der Waals surface area contributed by atoms with E-state index < -0.39 is 0 Å². The van der Waals surface area contributed by atoms with Gasteiger partial charge in [0.1, 0.15) is 5.75 Å². The zero-order valence-corrected chi connectivity index (χ0v) is 18.9. The van der Waals surface area contributed by atoms with Crippen molar-refractivity contribution in [1.29, 1.82) is 0 Å². The van der Waals surface area contributed by atoms with Crippen LogP contribution in [0.4, 0.5) is 5.69 Å². The Bertz CT molecular complexity index is 612. The molecule has 3 rings (SSSR count). The number of aliphatic imine (C=N–C) groups is 1. The van der Waals surface area contributed by atoms with E-state index in [1.807, 2.05) is 12.1 Å². The molecule has 0 amide bonds. The number of hydrogen-bond acceptors (Lipinski definition) is 4. The molecular formula is C20H34IN5O. The molecule has 2 aliphatic rings. The Morgan fingerprint density at radius 3 is 2.89 bits per heavy atom. The fourth-order valence-corrected chi connectivity index (χ4v) is 4.14. The summed E-state index contributed by atoms with van der Waals surface area (Å²) >= 11 is 0. The molecule has 2 atom stereocenters. The number of para-hydroxylation sites is 2. The molecule has 152 valence electrons. The molecule has 7 heteroatoms. The summed E-state index contributed by atoms with van der Waals surface area (Å²) in [6, 6.07) is 8.82. The molecule has 2 saturated heterocycles. The number of benzene rings is 1. The zero-order chi connectivity index (χ0) is 18.4. The number of likely N-dealkylation sites (tertiary alicyclic amines) is 1. The highest BCUT2D eigenvalue weighted by atomic mass is 127. The molecule has 27 heavy (non-hydrogen) atoms. The molecule has 6 nitrogen and oxygen atoms in total. The second-order valence-electron chi connectivity index (χ2n) is 7.30. The summed E-state index contributed by atoms with van der Waals surface area (Å²) in [6.07, 6.45) is 3.68. The van der Waals surface area contributed by atoms with Crippen LogP contribution in [0.1, 0.15) is 26.2 Å². The minimum Gasteiger partial charge on any atom is -0.495 e. The van der Waals surface area contributed by atoms with Gasteiger partial charge in [-0.25, -0.2) is 0 Å². The molecule has 2 unspecified atom stereocenters. The van der Waals surface area contributed by atoms with Crippen LogP contribution in [0, 0.1) is 5.92 Å². The Morgan fingerprint density at radius 2 is 2.11 bits per heavy atom. The van der Waals surface area contributed by atoms with Crippen LogP contribution in [0.2, 0.25) is 0 Å². The molecule has 2 heterocycles. The lowest BCUT2D eigenvalue weighted by atomic mass is 10.1. The number of hydrogen-bond donors (Lipinski definition) is 2. The van der Waals surface area contributed by atoms with Gasteiger partial charge in [-0.2, -0.15) is 0 Å². The smallest absolute Gasteiger partial charge is 0.188 e. The predicted octanol–water partition coefficient (Wildman–Crippen LogP) is 2.53. The Kier molecular flexibility index (Phi) is 8.95. The lowest BCUT2D eigenvalue weighted by molar-refractivity contribution is 0.267. The van der Waals surface area contributed by atoms with E-state index in [1.165, 1.54) is 25.1 Å². The molecular weight excluding hydrogens is 453 g/mol. The summed E-state index contributed by atoms with van der Waals surface area (Å²) in [5, 5.41) is 3.33. The molecule has 0 aromatic heterocycles. The van der Waals surface area contributed by atoms with Crippen LogP contribution in [0.25, 0.3) is 0 Å². The number of rotatable bonds is 7. The van der Waals surface area contributed by atoms with E-state index in [4.69, 9.17) is 10.5 Å². The molecule has 0 spiro atoms. The standard InChI is InChI=1S/C20H33N5O.HI/c1-3-24-11-6-7-17(24)14-23-20(21)22-13-16-10-12-25(15-16)18-8-4-5-9-19(18)26-2;/h4-5,8-9,16-17H,3,6-7,10-15H2,1-2H3,(H3,21,22,23);1H. The summed E-state index contributed by atoms with van der Waals surface area (Å²) in [5.74, 6) is 2.07. The maximum absolute atomic E-state index is 6.09. The number of halogens is 1. The van der Waals surface area contributed by atoms with E-state index in [1.54, 1.807) is 7.11 Å². The van der Waals surface area contributed by atoms with E-state index in [0.29, 0.717) is 17.9 Å². The second-order valence-corrected chi connectivity index (χ2v) is 7.30. The summed E-state index contributed by atoms with van der Waals surface area (Å²) in [6.45, 7) is 8.28. The molecule has 0 aliphatic carbocycles. The molecule has 0 radical (unpaired) electrons. The summed E-state index contributed by atoms with van der Waals surface area (Å²) in [5.41, 5.74) is 7.27. The molecule has 0 saturated carbocycles. The van der Waals surface area contributed by atoms with Crippen LogP contribution in [0.5, 0.6) is 5.75 Å². The van der Waals surface area contributed by atoms with Crippen LogP contribution in [0.15, 0.2) is 29.3 Å². The molecule has 2 aliphatic heterocycles. The third-order valence-electron chi connectivity index (χ3n) is 5.66. The SMILES string of the molecule is CCN1CCCC1CNC(N)=NCC1CCN(c2ccccc2OC)C1.I. The van der Waals surface area contributed by atoms with Crippen LogP contribution in [-0.4, -0.2) is 63.3 Å². The van der Waals surface area contributed by atoms with Crippen LogP contribution in [0.3, 0.4) is 0 Å². The number of guanidine groups is 1. The molecule has 3 N–H and O–H groups in total. The van der Waals surface area contributed by atoms with E-state index in [9.17, 15) is 0 Å². The number of methoxy groups -OCH3 is 1. The third-order valence-corrected chi connectivity index (χ3v) is 5.66. The first-order valence-corrected chi connectivity index (χ1v) is 9.87. The van der Waals surface area contributed by atoms with Gasteiger partial charge in [0.25, 0.3) is 0 Å². The van der Waals surface area contributed by atoms with Gasteiger partial charge in [0.15, 0.2) is 5.96 Å². The minimum absolute atomic E-state index is 0. The van der Waals surface area contributed by atoms with Crippen LogP contribution < -0.4 is 20.7 Å². The van der Waals surface area contributed by atoms with Crippen molar-refractivity contribution < 1.29 is 4.74 Å². The molecule has 1 aromatic rings. The average Bonchev–Trinajstić information content (AvgIpc) is 3.33. The highest BCUT2D eigenvalue weighted by molar-refractivity contribution is 14.0. The predicted molar refractivity (Wildman–Crippen MR) is 123 cm³/mol. The number of nitrogens with zero attached hydrogens (tertiary/aromatic N) is 3. The first-order valence-electron chi connectivity index (χ1n) is 9.87. The van der Waals surface area contributed by atoms with Gasteiger partial charge in [-0.3, -0.25) is 9.89 Å². The largest absolute Gasteiger partial charge is 0.495 e. The fraction of sp³-hybridized carbons (Fsp3) is 0.650. The van der Waals surface area contributed by atoms with Crippen molar-refractivity contribution in [2.24, 2.45) is 16.6 Å². The monoisotopic (exact) mass is 487 g/mol. The summed E-state index contributed by atoms with van der Waals surface area (Å²) in [7, 11) is 1.73. The van der Waals surface area contributed by atoms with E-state index in [-0.39, 0.29) is 24.0 Å². The Labute approximate surface area is 180 Å². The fourth-order valence-electron chi connectivity index (χ4n) is 4.14. The third kappa shape index (κ3) is 5.88. The molecule has 2 fully saturated rings. The lowest BCUT2D eigenvalue weighted by Gasteiger charge is -2.23. The van der Waals surface area contributed by atoms with E-state index in [2.05, 4.69) is 39.2 Å². The molecule has 0 bridgehead atoms. The maximum atomic E-state index is 6.09. The van der Waals surface area contributed by atoms with Crippen LogP contribution in [-0.2, 0) is 0 Å². The van der Waals surface area contributed by atoms with Gasteiger partial charge < -0.3 is 20.7 Å². The number of ether oxygens (including phenoxy) is 1. The van der Waals surface area contributed by atoms with Crippen LogP contribution >= 0.6 is 24.0 Å². The van der Waals surface area contributed by atoms with Gasteiger partial charge in [0, 0.05) is 32.2 Å². The highest BCUT2D eigenvalue weighted by Crippen LogP contribution is 2.31. The minimum atomic E-state index is 0. The number of nitrogens with two attached hydrogens (primary N) is 1. The van der Waals surface area contributed by atoms with Gasteiger partial charge in [-0.15, -0.1) is 24.0 Å². The Morgan fingerprint density at radius 1 is 1.30 bits per heavy atom. The lowest BCUT2D eigenvalue weighted by Crippen LogP contribution is -2.43. The van der Waals surface area contributed by atoms with Crippen molar-refractivity contribution in [3.05, 3.63) is 24.3 Å². The summed E-state index contributed by atoms with van der Waals surface area (Å²) in [4.78, 5) is 9.50. The Balaban J connectivity index is 0.00000261. The topological polar surface area (TPSA) is 66.1 Å². The van der Waals surface area contributed by atoms with Gasteiger partial charge >= 0.3 is 0 Å². The van der Waals surface area contributed by atoms with Gasteiger partial charge in [-0.05, 0) is 50.4 Å². The Hall–Kier alpha value is -1.22. The second kappa shape index (κ2) is 10.9. The van der Waals surface area contributed by atoms with Crippen molar-refractivity contribution in [3.63, 3.8) is 0 Å². The van der Waals surface area contributed by atoms with Crippen molar-refractivity contribution in [2.45, 2.75) is 32.2 Å². The van der Waals surface area contributed by atoms with Crippen molar-refractivity contribution in [1.82, 2.24) is 10.2 Å². The van der Waals surface area contributed by atoms with Crippen molar-refractivity contribution in [2.75, 3.05) is 51.3 Å². The van der Waals surface area contributed by atoms with Gasteiger partial charge in [0.2, 0.25) is 0 Å². The van der Waals surface area contributed by atoms with Crippen molar-refractivity contribution >= 4 is 35.6 Å². The maximum Gasteiger partial charge on any atom is 0.188 e. The number of nitrogens with one attached hydrogen (secondary N) is 1. The quantitative estimate of drug-likeness (QED) is 0.352. The van der Waals surface area contributed by atoms with Crippen molar-refractivity contribution in [3.8, 4) is 5.75 Å². The average molecular weight is 487 g/mol. The van der Waals surface area contributed by atoms with Gasteiger partial charge in [-0.1, -0.05) is 19.1 Å². The van der Waals surface area contributed by atoms with E-state index >= 15 is 0 Å². The molecule has 1 aromatic carbocycles. The van der Waals surface area contributed by atoms with E-state index in [0.717, 1.165) is 44.9 Å². The van der Waals surface area contributed by atoms with Gasteiger partial charge in [0.05, 0.1) is 12.8 Å². The normalized spacial score (nSPS) is 23.3. The summed E-state index contributed by atoms with van der Waals surface area (Å²) < 4.78 is 5.49. The highest BCUT2D eigenvalue weighted by Gasteiger charge is 2.25.